The first-order valence-electron chi connectivity index (χ1n) is 6.93. The van der Waals surface area contributed by atoms with Crippen LogP contribution in [0.4, 0.5) is 16.2 Å². The van der Waals surface area contributed by atoms with Gasteiger partial charge in [-0.05, 0) is 50.2 Å². The third-order valence-electron chi connectivity index (χ3n) is 2.76. The Balaban J connectivity index is 1.95. The molecule has 0 fully saturated rings. The normalized spacial score (nSPS) is 10.1. The third kappa shape index (κ3) is 4.59. The van der Waals surface area contributed by atoms with Crippen molar-refractivity contribution in [1.82, 2.24) is 10.3 Å². The van der Waals surface area contributed by atoms with Crippen LogP contribution in [0.2, 0.25) is 0 Å². The predicted octanol–water partition coefficient (Wildman–Crippen LogP) is 2.86. The van der Waals surface area contributed by atoms with E-state index in [0.29, 0.717) is 16.9 Å². The van der Waals surface area contributed by atoms with Crippen LogP contribution in [-0.2, 0) is 0 Å². The predicted molar refractivity (Wildman–Crippen MR) is 85.9 cm³/mol. The van der Waals surface area contributed by atoms with E-state index in [0.717, 1.165) is 0 Å². The number of nitrogens with one attached hydrogen (secondary N) is 3. The minimum atomic E-state index is -0.261. The summed E-state index contributed by atoms with van der Waals surface area (Å²) in [5.41, 5.74) is 1.84. The van der Waals surface area contributed by atoms with Gasteiger partial charge in [-0.1, -0.05) is 0 Å². The molecule has 3 amide bonds. The summed E-state index contributed by atoms with van der Waals surface area (Å²) in [6, 6.07) is 9.99. The van der Waals surface area contributed by atoms with E-state index in [1.165, 1.54) is 0 Å². The fraction of sp³-hybridized carbons (Fsp3) is 0.188. The lowest BCUT2D eigenvalue weighted by Gasteiger charge is -2.11. The molecule has 1 aromatic heterocycles. The van der Waals surface area contributed by atoms with E-state index in [1.807, 2.05) is 13.8 Å². The number of anilines is 2. The van der Waals surface area contributed by atoms with Gasteiger partial charge in [-0.2, -0.15) is 0 Å². The Bertz CT molecular complexity index is 639. The Kier molecular flexibility index (Phi) is 5.08. The Morgan fingerprint density at radius 3 is 2.00 bits per heavy atom. The van der Waals surface area contributed by atoms with Crippen LogP contribution >= 0.6 is 0 Å². The molecule has 3 N–H and O–H groups in total. The fourth-order valence-electron chi connectivity index (χ4n) is 1.77. The molecule has 6 heteroatoms. The number of urea groups is 1. The number of carbonyl (C=O) groups is 2. The molecular formula is C16H18N4O2. The molecule has 0 saturated heterocycles. The van der Waals surface area contributed by atoms with E-state index in [9.17, 15) is 9.59 Å². The Morgan fingerprint density at radius 2 is 1.45 bits per heavy atom. The number of aromatic nitrogens is 1. The highest BCUT2D eigenvalue weighted by atomic mass is 16.2. The number of amides is 3. The summed E-state index contributed by atoms with van der Waals surface area (Å²) in [6.07, 6.45) is 3.13. The molecule has 0 unspecified atom stereocenters. The van der Waals surface area contributed by atoms with E-state index in [1.54, 1.807) is 48.8 Å². The summed E-state index contributed by atoms with van der Waals surface area (Å²) < 4.78 is 0. The number of hydrogen-bond donors (Lipinski definition) is 3. The van der Waals surface area contributed by atoms with Gasteiger partial charge >= 0.3 is 6.03 Å². The minimum absolute atomic E-state index is 0.0684. The maximum atomic E-state index is 12.0. The zero-order valence-corrected chi connectivity index (χ0v) is 12.5. The van der Waals surface area contributed by atoms with Crippen LogP contribution in [0, 0.1) is 0 Å². The lowest BCUT2D eigenvalue weighted by Crippen LogP contribution is -2.34. The Labute approximate surface area is 129 Å². The molecule has 0 spiro atoms. The van der Waals surface area contributed by atoms with Gasteiger partial charge in [0.25, 0.3) is 5.91 Å². The maximum Gasteiger partial charge on any atom is 0.319 e. The number of carbonyl (C=O) groups excluding carboxylic acids is 2. The van der Waals surface area contributed by atoms with Gasteiger partial charge in [0, 0.05) is 35.4 Å². The smallest absolute Gasteiger partial charge is 0.319 e. The van der Waals surface area contributed by atoms with Crippen molar-refractivity contribution in [2.75, 3.05) is 10.6 Å². The third-order valence-corrected chi connectivity index (χ3v) is 2.76. The molecular weight excluding hydrogens is 280 g/mol. The van der Waals surface area contributed by atoms with Gasteiger partial charge in [0.15, 0.2) is 0 Å². The van der Waals surface area contributed by atoms with Crippen LogP contribution in [0.15, 0.2) is 48.8 Å². The highest BCUT2D eigenvalue weighted by Crippen LogP contribution is 2.14. The Hall–Kier alpha value is -2.89. The molecule has 0 radical (unpaired) electrons. The van der Waals surface area contributed by atoms with Crippen molar-refractivity contribution in [3.05, 3.63) is 54.4 Å². The minimum Gasteiger partial charge on any atom is -0.336 e. The fourth-order valence-corrected chi connectivity index (χ4v) is 1.77. The summed E-state index contributed by atoms with van der Waals surface area (Å²) in [5.74, 6) is -0.208. The number of hydrogen-bond acceptors (Lipinski definition) is 3. The first-order chi connectivity index (χ1) is 10.5. The van der Waals surface area contributed by atoms with Crippen LogP contribution in [0.1, 0.15) is 24.2 Å². The topological polar surface area (TPSA) is 83.1 Å². The lowest BCUT2D eigenvalue weighted by atomic mass is 10.2. The highest BCUT2D eigenvalue weighted by Gasteiger charge is 2.06. The zero-order valence-electron chi connectivity index (χ0n) is 12.5. The van der Waals surface area contributed by atoms with Gasteiger partial charge in [0.1, 0.15) is 0 Å². The summed E-state index contributed by atoms with van der Waals surface area (Å²) in [6.45, 7) is 3.77. The van der Waals surface area contributed by atoms with Crippen LogP contribution in [0.25, 0.3) is 0 Å². The number of rotatable bonds is 4. The molecule has 6 nitrogen and oxygen atoms in total. The molecule has 0 bridgehead atoms. The van der Waals surface area contributed by atoms with E-state index in [4.69, 9.17) is 0 Å². The van der Waals surface area contributed by atoms with Crippen LogP contribution in [-0.4, -0.2) is 23.0 Å². The molecule has 0 aliphatic carbocycles. The van der Waals surface area contributed by atoms with Crippen molar-refractivity contribution < 1.29 is 9.59 Å². The number of nitrogens with zero attached hydrogens (tertiary/aromatic N) is 1. The molecule has 2 rings (SSSR count). The monoisotopic (exact) mass is 298 g/mol. The molecule has 0 saturated carbocycles. The average molecular weight is 298 g/mol. The lowest BCUT2D eigenvalue weighted by molar-refractivity contribution is 0.102. The van der Waals surface area contributed by atoms with Gasteiger partial charge in [-0.3, -0.25) is 9.78 Å². The first-order valence-corrected chi connectivity index (χ1v) is 6.93. The largest absolute Gasteiger partial charge is 0.336 e. The highest BCUT2D eigenvalue weighted by molar-refractivity contribution is 6.04. The zero-order chi connectivity index (χ0) is 15.9. The van der Waals surface area contributed by atoms with Gasteiger partial charge in [0.2, 0.25) is 0 Å². The molecule has 0 aliphatic heterocycles. The second-order valence-corrected chi connectivity index (χ2v) is 5.02. The van der Waals surface area contributed by atoms with E-state index < -0.39 is 0 Å². The number of pyridine rings is 1. The van der Waals surface area contributed by atoms with Crippen molar-refractivity contribution in [3.63, 3.8) is 0 Å². The molecule has 0 atom stereocenters. The molecule has 1 heterocycles. The standard InChI is InChI=1S/C16H18N4O2/c1-11(2)18-16(22)20-14-5-3-13(4-6-14)19-15(21)12-7-9-17-10-8-12/h3-11H,1-2H3,(H,19,21)(H2,18,20,22). The van der Waals surface area contributed by atoms with Gasteiger partial charge in [0.05, 0.1) is 0 Å². The van der Waals surface area contributed by atoms with Crippen LogP contribution in [0.5, 0.6) is 0 Å². The van der Waals surface area contributed by atoms with Gasteiger partial charge in [-0.15, -0.1) is 0 Å². The quantitative estimate of drug-likeness (QED) is 0.811. The molecule has 1 aromatic carbocycles. The molecule has 2 aromatic rings. The first kappa shape index (κ1) is 15.5. The Morgan fingerprint density at radius 1 is 0.909 bits per heavy atom. The second kappa shape index (κ2) is 7.21. The van der Waals surface area contributed by atoms with Crippen molar-refractivity contribution in [2.45, 2.75) is 19.9 Å². The van der Waals surface area contributed by atoms with Crippen molar-refractivity contribution in [1.29, 1.82) is 0 Å². The summed E-state index contributed by atoms with van der Waals surface area (Å²) in [7, 11) is 0. The van der Waals surface area contributed by atoms with Crippen molar-refractivity contribution >= 4 is 23.3 Å². The molecule has 0 aliphatic rings. The van der Waals surface area contributed by atoms with E-state index >= 15 is 0 Å². The van der Waals surface area contributed by atoms with E-state index in [2.05, 4.69) is 20.9 Å². The average Bonchev–Trinajstić information content (AvgIpc) is 2.49. The van der Waals surface area contributed by atoms with Gasteiger partial charge < -0.3 is 16.0 Å². The summed E-state index contributed by atoms with van der Waals surface area (Å²) in [4.78, 5) is 27.4. The number of benzene rings is 1. The molecule has 22 heavy (non-hydrogen) atoms. The molecule has 114 valence electrons. The summed E-state index contributed by atoms with van der Waals surface area (Å²) in [5, 5.41) is 8.22. The second-order valence-electron chi connectivity index (χ2n) is 5.02. The van der Waals surface area contributed by atoms with Crippen molar-refractivity contribution in [2.24, 2.45) is 0 Å². The summed E-state index contributed by atoms with van der Waals surface area (Å²) >= 11 is 0. The maximum absolute atomic E-state index is 12.0. The van der Waals surface area contributed by atoms with Crippen LogP contribution < -0.4 is 16.0 Å². The van der Waals surface area contributed by atoms with Gasteiger partial charge in [-0.25, -0.2) is 4.79 Å². The van der Waals surface area contributed by atoms with Crippen LogP contribution in [0.3, 0.4) is 0 Å². The van der Waals surface area contributed by atoms with E-state index in [-0.39, 0.29) is 18.0 Å². The SMILES string of the molecule is CC(C)NC(=O)Nc1ccc(NC(=O)c2ccncc2)cc1. The van der Waals surface area contributed by atoms with Crippen molar-refractivity contribution in [3.8, 4) is 0 Å².